The van der Waals surface area contributed by atoms with Gasteiger partial charge >= 0.3 is 5.97 Å². The second-order valence-electron chi connectivity index (χ2n) is 8.09. The van der Waals surface area contributed by atoms with Crippen LogP contribution in [0, 0.1) is 10.1 Å². The van der Waals surface area contributed by atoms with E-state index in [9.17, 15) is 29.3 Å². The lowest BCUT2D eigenvalue weighted by Crippen LogP contribution is -2.32. The van der Waals surface area contributed by atoms with Gasteiger partial charge in [-0.05, 0) is 36.8 Å². The van der Waals surface area contributed by atoms with Crippen molar-refractivity contribution in [3.63, 3.8) is 0 Å². The molecular weight excluding hydrogens is 482 g/mol. The van der Waals surface area contributed by atoms with Gasteiger partial charge in [0.1, 0.15) is 11.4 Å². The van der Waals surface area contributed by atoms with Crippen molar-refractivity contribution in [3.05, 3.63) is 99.1 Å². The van der Waals surface area contributed by atoms with Crippen LogP contribution in [-0.2, 0) is 9.53 Å². The molecule has 3 aromatic rings. The Hall–Kier alpha value is -5.06. The SMILES string of the molecule is COc1ccc([N+](=O)[O-])c(NC(=O)COC(=O)c2ccc3c(c2)C(=O)N([C@H](C)c2ccccc2)C3=O)c1. The van der Waals surface area contributed by atoms with Crippen molar-refractivity contribution in [2.24, 2.45) is 0 Å². The molecule has 37 heavy (non-hydrogen) atoms. The minimum Gasteiger partial charge on any atom is -0.497 e. The number of hydrogen-bond donors (Lipinski definition) is 1. The number of nitro groups is 1. The fourth-order valence-electron chi connectivity index (χ4n) is 3.92. The number of amides is 3. The summed E-state index contributed by atoms with van der Waals surface area (Å²) in [5.41, 5.74) is 0.468. The number of nitrogens with zero attached hydrogens (tertiary/aromatic N) is 2. The highest BCUT2D eigenvalue weighted by Gasteiger charge is 2.39. The van der Waals surface area contributed by atoms with E-state index in [2.05, 4.69) is 5.32 Å². The highest BCUT2D eigenvalue weighted by molar-refractivity contribution is 6.22. The van der Waals surface area contributed by atoms with Gasteiger partial charge in [-0.2, -0.15) is 0 Å². The van der Waals surface area contributed by atoms with E-state index < -0.39 is 41.3 Å². The summed E-state index contributed by atoms with van der Waals surface area (Å²) >= 11 is 0. The number of ether oxygens (including phenoxy) is 2. The number of imide groups is 1. The molecule has 0 bridgehead atoms. The van der Waals surface area contributed by atoms with E-state index in [1.807, 2.05) is 18.2 Å². The van der Waals surface area contributed by atoms with Crippen molar-refractivity contribution >= 4 is 35.1 Å². The average Bonchev–Trinajstić information content (AvgIpc) is 3.16. The molecular formula is C26H21N3O8. The Morgan fingerprint density at radius 2 is 1.70 bits per heavy atom. The van der Waals surface area contributed by atoms with Crippen molar-refractivity contribution < 1.29 is 33.6 Å². The third-order valence-corrected chi connectivity index (χ3v) is 5.83. The molecule has 1 N–H and O–H groups in total. The van der Waals surface area contributed by atoms with Crippen molar-refractivity contribution in [1.82, 2.24) is 4.90 Å². The molecule has 4 rings (SSSR count). The second kappa shape index (κ2) is 10.3. The Morgan fingerprint density at radius 3 is 2.38 bits per heavy atom. The number of carbonyl (C=O) groups is 4. The fraction of sp³-hybridized carbons (Fsp3) is 0.154. The van der Waals surface area contributed by atoms with Gasteiger partial charge < -0.3 is 14.8 Å². The summed E-state index contributed by atoms with van der Waals surface area (Å²) in [7, 11) is 1.37. The summed E-state index contributed by atoms with van der Waals surface area (Å²) in [4.78, 5) is 62.5. The van der Waals surface area contributed by atoms with Gasteiger partial charge in [0.25, 0.3) is 23.4 Å². The molecule has 1 atom stereocenters. The highest BCUT2D eigenvalue weighted by atomic mass is 16.6. The van der Waals surface area contributed by atoms with Gasteiger partial charge in [-0.15, -0.1) is 0 Å². The van der Waals surface area contributed by atoms with Crippen LogP contribution in [0.5, 0.6) is 5.75 Å². The molecule has 0 fully saturated rings. The van der Waals surface area contributed by atoms with E-state index in [0.29, 0.717) is 0 Å². The van der Waals surface area contributed by atoms with Crippen molar-refractivity contribution in [2.75, 3.05) is 19.0 Å². The van der Waals surface area contributed by atoms with Gasteiger partial charge in [0.05, 0.1) is 34.8 Å². The Kier molecular flexibility index (Phi) is 6.96. The minimum absolute atomic E-state index is 0.0331. The molecule has 1 heterocycles. The van der Waals surface area contributed by atoms with Gasteiger partial charge in [-0.25, -0.2) is 4.79 Å². The van der Waals surface area contributed by atoms with Crippen LogP contribution in [0.1, 0.15) is 49.6 Å². The predicted molar refractivity (Wildman–Crippen MR) is 130 cm³/mol. The first-order valence-electron chi connectivity index (χ1n) is 11.1. The smallest absolute Gasteiger partial charge is 0.338 e. The average molecular weight is 503 g/mol. The van der Waals surface area contributed by atoms with Gasteiger partial charge in [0, 0.05) is 12.1 Å². The quantitative estimate of drug-likeness (QED) is 0.212. The molecule has 11 heteroatoms. The van der Waals surface area contributed by atoms with E-state index in [0.717, 1.165) is 10.5 Å². The van der Waals surface area contributed by atoms with Crippen LogP contribution in [0.2, 0.25) is 0 Å². The molecule has 3 aromatic carbocycles. The molecule has 0 saturated heterocycles. The Bertz CT molecular complexity index is 1420. The van der Waals surface area contributed by atoms with Crippen LogP contribution >= 0.6 is 0 Å². The first-order chi connectivity index (χ1) is 17.7. The number of benzene rings is 3. The Labute approximate surface area is 210 Å². The molecule has 1 aliphatic rings. The van der Waals surface area contributed by atoms with Crippen LogP contribution in [0.15, 0.2) is 66.7 Å². The summed E-state index contributed by atoms with van der Waals surface area (Å²) in [5.74, 6) is -2.47. The first kappa shape index (κ1) is 25.0. The molecule has 1 aliphatic heterocycles. The largest absolute Gasteiger partial charge is 0.497 e. The Balaban J connectivity index is 1.44. The zero-order valence-electron chi connectivity index (χ0n) is 19.8. The summed E-state index contributed by atoms with van der Waals surface area (Å²) < 4.78 is 10.0. The minimum atomic E-state index is -0.909. The third kappa shape index (κ3) is 5.01. The number of nitro benzene ring substituents is 1. The maximum absolute atomic E-state index is 13.0. The molecule has 0 radical (unpaired) electrons. The number of carbonyl (C=O) groups excluding carboxylic acids is 4. The fourth-order valence-corrected chi connectivity index (χ4v) is 3.92. The summed E-state index contributed by atoms with van der Waals surface area (Å²) in [6, 6.07) is 16.3. The zero-order valence-corrected chi connectivity index (χ0v) is 19.8. The van der Waals surface area contributed by atoms with Crippen LogP contribution in [0.25, 0.3) is 0 Å². The predicted octanol–water partition coefficient (Wildman–Crippen LogP) is 3.76. The Morgan fingerprint density at radius 1 is 1.00 bits per heavy atom. The zero-order chi connectivity index (χ0) is 26.7. The molecule has 0 spiro atoms. The van der Waals surface area contributed by atoms with Crippen LogP contribution < -0.4 is 10.1 Å². The van der Waals surface area contributed by atoms with Gasteiger partial charge in [0.15, 0.2) is 6.61 Å². The lowest BCUT2D eigenvalue weighted by Gasteiger charge is -2.22. The molecule has 0 aliphatic carbocycles. The monoisotopic (exact) mass is 503 g/mol. The third-order valence-electron chi connectivity index (χ3n) is 5.83. The first-order valence-corrected chi connectivity index (χ1v) is 11.1. The highest BCUT2D eigenvalue weighted by Crippen LogP contribution is 2.32. The topological polar surface area (TPSA) is 145 Å². The number of methoxy groups -OCH3 is 1. The van der Waals surface area contributed by atoms with Crippen molar-refractivity contribution in [3.8, 4) is 5.75 Å². The summed E-state index contributed by atoms with van der Waals surface area (Å²) in [6.07, 6.45) is 0. The molecule has 0 unspecified atom stereocenters. The van der Waals surface area contributed by atoms with E-state index in [1.165, 1.54) is 43.5 Å². The molecule has 0 saturated carbocycles. The van der Waals surface area contributed by atoms with Gasteiger partial charge in [-0.3, -0.25) is 29.4 Å². The maximum atomic E-state index is 13.0. The number of nitrogens with one attached hydrogen (secondary N) is 1. The van der Waals surface area contributed by atoms with Crippen LogP contribution in [0.4, 0.5) is 11.4 Å². The number of esters is 1. The lowest BCUT2D eigenvalue weighted by atomic mass is 10.1. The second-order valence-corrected chi connectivity index (χ2v) is 8.09. The maximum Gasteiger partial charge on any atom is 0.338 e. The van der Waals surface area contributed by atoms with Crippen molar-refractivity contribution in [2.45, 2.75) is 13.0 Å². The normalized spacial score (nSPS) is 13.1. The lowest BCUT2D eigenvalue weighted by molar-refractivity contribution is -0.383. The van der Waals surface area contributed by atoms with Crippen molar-refractivity contribution in [1.29, 1.82) is 0 Å². The molecule has 188 valence electrons. The van der Waals surface area contributed by atoms with Gasteiger partial charge in [0.2, 0.25) is 0 Å². The van der Waals surface area contributed by atoms with Crippen LogP contribution in [-0.4, -0.2) is 47.2 Å². The number of fused-ring (bicyclic) bond motifs is 1. The van der Waals surface area contributed by atoms with Gasteiger partial charge in [-0.1, -0.05) is 30.3 Å². The standard InChI is InChI=1S/C26H21N3O8/c1-15(16-6-4-3-5-7-16)28-24(31)19-10-8-17(12-20(19)25(28)32)26(33)37-14-23(30)27-21-13-18(36-2)9-11-22(21)29(34)35/h3-13,15H,14H2,1-2H3,(H,27,30)/t15-/m1/s1. The van der Waals surface area contributed by atoms with E-state index in [-0.39, 0.29) is 33.8 Å². The summed E-state index contributed by atoms with van der Waals surface area (Å²) in [5, 5.41) is 13.5. The molecule has 3 amide bonds. The number of anilines is 1. The summed E-state index contributed by atoms with van der Waals surface area (Å²) in [6.45, 7) is 0.992. The van der Waals surface area contributed by atoms with E-state index >= 15 is 0 Å². The van der Waals surface area contributed by atoms with Crippen LogP contribution in [0.3, 0.4) is 0 Å². The number of hydrogen-bond acceptors (Lipinski definition) is 8. The van der Waals surface area contributed by atoms with E-state index in [1.54, 1.807) is 19.1 Å². The number of rotatable bonds is 8. The van der Waals surface area contributed by atoms with E-state index in [4.69, 9.17) is 9.47 Å². The molecule has 0 aromatic heterocycles. The molecule has 11 nitrogen and oxygen atoms in total.